The molecule has 8 heteroatoms. The Morgan fingerprint density at radius 1 is 1.22 bits per heavy atom. The first kappa shape index (κ1) is 16.8. The van der Waals surface area contributed by atoms with Crippen molar-refractivity contribution in [2.45, 2.75) is 13.8 Å². The number of oxime groups is 1. The zero-order valence-electron chi connectivity index (χ0n) is 12.2. The molecule has 0 radical (unpaired) electrons. The molecule has 1 aromatic rings. The number of nitro groups is 1. The van der Waals surface area contributed by atoms with Gasteiger partial charge in [-0.3, -0.25) is 14.9 Å². The second-order valence-corrected chi connectivity index (χ2v) is 5.58. The first-order chi connectivity index (χ1) is 10.8. The Balaban J connectivity index is 2.18. The maximum absolute atomic E-state index is 11.9. The average Bonchev–Trinajstić information content (AvgIpc) is 2.54. The van der Waals surface area contributed by atoms with Crippen LogP contribution in [0.1, 0.15) is 24.2 Å². The van der Waals surface area contributed by atoms with Gasteiger partial charge in [-0.25, -0.2) is 4.79 Å². The quantitative estimate of drug-likeness (QED) is 0.347. The molecule has 0 atom stereocenters. The summed E-state index contributed by atoms with van der Waals surface area (Å²) in [5.41, 5.74) is 1.47. The van der Waals surface area contributed by atoms with Gasteiger partial charge in [0, 0.05) is 17.7 Å². The Morgan fingerprint density at radius 3 is 2.39 bits per heavy atom. The number of nitro benzene ring substituents is 1. The number of carbonyl (C=O) groups excluding carboxylic acids is 2. The van der Waals surface area contributed by atoms with Crippen molar-refractivity contribution in [1.29, 1.82) is 0 Å². The zero-order valence-corrected chi connectivity index (χ0v) is 13.8. The van der Waals surface area contributed by atoms with E-state index in [1.807, 2.05) is 0 Å². The first-order valence-electron chi connectivity index (χ1n) is 6.45. The number of Topliss-reactive ketones (excluding diaryl/α,β-unsaturated/α-hetero) is 1. The van der Waals surface area contributed by atoms with Gasteiger partial charge < -0.3 is 4.84 Å². The molecule has 0 bridgehead atoms. The summed E-state index contributed by atoms with van der Waals surface area (Å²) in [6, 6.07) is 4.97. The monoisotopic (exact) mass is 378 g/mol. The fourth-order valence-electron chi connectivity index (χ4n) is 1.79. The molecule has 0 aliphatic heterocycles. The van der Waals surface area contributed by atoms with E-state index in [2.05, 4.69) is 21.1 Å². The third-order valence-electron chi connectivity index (χ3n) is 3.31. The van der Waals surface area contributed by atoms with E-state index in [9.17, 15) is 19.7 Å². The summed E-state index contributed by atoms with van der Waals surface area (Å²) in [5.74, 6) is -0.901. The summed E-state index contributed by atoms with van der Waals surface area (Å²) < 4.78 is 0.325. The van der Waals surface area contributed by atoms with Crippen molar-refractivity contribution < 1.29 is 19.3 Å². The van der Waals surface area contributed by atoms with E-state index < -0.39 is 10.9 Å². The van der Waals surface area contributed by atoms with E-state index in [0.29, 0.717) is 21.3 Å². The van der Waals surface area contributed by atoms with Gasteiger partial charge in [0.1, 0.15) is 5.71 Å². The molecule has 1 aliphatic carbocycles. The molecule has 1 aliphatic rings. The highest BCUT2D eigenvalue weighted by Gasteiger charge is 2.21. The minimum Gasteiger partial charge on any atom is -0.312 e. The van der Waals surface area contributed by atoms with Crippen molar-refractivity contribution in [2.75, 3.05) is 0 Å². The van der Waals surface area contributed by atoms with Crippen molar-refractivity contribution in [2.24, 2.45) is 5.16 Å². The van der Waals surface area contributed by atoms with Gasteiger partial charge in [0.15, 0.2) is 5.78 Å². The van der Waals surface area contributed by atoms with Crippen LogP contribution in [-0.2, 0) is 9.63 Å². The fraction of sp³-hybridized carbons (Fsp3) is 0.133. The highest BCUT2D eigenvalue weighted by atomic mass is 79.9. The summed E-state index contributed by atoms with van der Waals surface area (Å²) in [6.45, 7) is 3.35. The lowest BCUT2D eigenvalue weighted by atomic mass is 9.97. The van der Waals surface area contributed by atoms with Crippen LogP contribution in [0.2, 0.25) is 0 Å². The maximum atomic E-state index is 11.9. The van der Waals surface area contributed by atoms with Crippen molar-refractivity contribution in [3.63, 3.8) is 0 Å². The van der Waals surface area contributed by atoms with Crippen LogP contribution in [0.5, 0.6) is 0 Å². The third-order valence-corrected chi connectivity index (χ3v) is 3.90. The molecule has 118 valence electrons. The van der Waals surface area contributed by atoms with E-state index in [4.69, 9.17) is 4.84 Å². The van der Waals surface area contributed by atoms with Gasteiger partial charge in [-0.2, -0.15) is 0 Å². The number of non-ortho nitro benzene ring substituents is 1. The molecule has 0 unspecified atom stereocenters. The highest BCUT2D eigenvalue weighted by molar-refractivity contribution is 9.12. The summed E-state index contributed by atoms with van der Waals surface area (Å²) in [7, 11) is 0. The largest absolute Gasteiger partial charge is 0.365 e. The standard InChI is InChI=1S/C15H11BrN2O5/c1-8-9(2)14(19)12(16)7-13(8)17-23-15(20)10-3-5-11(6-4-10)18(21)22/h3-7H,1-2H3/b17-13+. The lowest BCUT2D eigenvalue weighted by molar-refractivity contribution is -0.384. The lowest BCUT2D eigenvalue weighted by Crippen LogP contribution is -2.15. The van der Waals surface area contributed by atoms with Crippen LogP contribution in [0.4, 0.5) is 5.69 Å². The van der Waals surface area contributed by atoms with Crippen LogP contribution in [0.3, 0.4) is 0 Å². The molecule has 0 amide bonds. The number of halogens is 1. The van der Waals surface area contributed by atoms with Crippen LogP contribution < -0.4 is 0 Å². The molecule has 2 rings (SSSR count). The number of carbonyl (C=O) groups is 2. The van der Waals surface area contributed by atoms with E-state index in [0.717, 1.165) is 0 Å². The van der Waals surface area contributed by atoms with Crippen molar-refractivity contribution in [3.05, 3.63) is 61.6 Å². The first-order valence-corrected chi connectivity index (χ1v) is 7.24. The molecule has 0 heterocycles. The van der Waals surface area contributed by atoms with Crippen molar-refractivity contribution >= 4 is 39.1 Å². The minimum atomic E-state index is -0.751. The number of benzene rings is 1. The van der Waals surface area contributed by atoms with Gasteiger partial charge in [-0.15, -0.1) is 0 Å². The predicted molar refractivity (Wildman–Crippen MR) is 86.3 cm³/mol. The summed E-state index contributed by atoms with van der Waals surface area (Å²) in [4.78, 5) is 38.5. The number of allylic oxidation sites excluding steroid dienone is 4. The fourth-order valence-corrected chi connectivity index (χ4v) is 2.31. The topological polar surface area (TPSA) is 98.9 Å². The molecule has 0 saturated heterocycles. The van der Waals surface area contributed by atoms with Crippen LogP contribution in [-0.4, -0.2) is 22.4 Å². The Hall–Kier alpha value is -2.61. The Kier molecular flexibility index (Phi) is 4.85. The summed E-state index contributed by atoms with van der Waals surface area (Å²) in [6.07, 6.45) is 1.47. The second kappa shape index (κ2) is 6.66. The molecule has 0 aromatic heterocycles. The van der Waals surface area contributed by atoms with Crippen molar-refractivity contribution in [3.8, 4) is 0 Å². The predicted octanol–water partition coefficient (Wildman–Crippen LogP) is 3.31. The smallest absolute Gasteiger partial charge is 0.312 e. The molecular weight excluding hydrogens is 368 g/mol. The number of hydrogen-bond donors (Lipinski definition) is 0. The normalized spacial score (nSPS) is 16.4. The summed E-state index contributed by atoms with van der Waals surface area (Å²) >= 11 is 3.13. The van der Waals surface area contributed by atoms with E-state index in [1.165, 1.54) is 30.3 Å². The van der Waals surface area contributed by atoms with Gasteiger partial charge in [-0.05, 0) is 53.6 Å². The number of hydrogen-bond acceptors (Lipinski definition) is 6. The Morgan fingerprint density at radius 2 is 1.83 bits per heavy atom. The van der Waals surface area contributed by atoms with Gasteiger partial charge in [0.2, 0.25) is 0 Å². The Bertz CT molecular complexity index is 791. The zero-order chi connectivity index (χ0) is 17.1. The van der Waals surface area contributed by atoms with Gasteiger partial charge in [0.05, 0.1) is 15.0 Å². The molecule has 0 fully saturated rings. The second-order valence-electron chi connectivity index (χ2n) is 4.73. The van der Waals surface area contributed by atoms with E-state index in [1.54, 1.807) is 13.8 Å². The van der Waals surface area contributed by atoms with Gasteiger partial charge >= 0.3 is 5.97 Å². The number of rotatable bonds is 3. The van der Waals surface area contributed by atoms with Gasteiger partial charge in [0.25, 0.3) is 5.69 Å². The molecule has 0 saturated carbocycles. The van der Waals surface area contributed by atoms with Gasteiger partial charge in [-0.1, -0.05) is 5.16 Å². The minimum absolute atomic E-state index is 0.125. The van der Waals surface area contributed by atoms with Crippen LogP contribution in [0, 0.1) is 10.1 Å². The molecular formula is C15H11BrN2O5. The van der Waals surface area contributed by atoms with Crippen LogP contribution in [0.15, 0.2) is 51.1 Å². The summed E-state index contributed by atoms with van der Waals surface area (Å²) in [5, 5.41) is 14.3. The molecule has 23 heavy (non-hydrogen) atoms. The Labute approximate surface area is 139 Å². The number of nitrogens with zero attached hydrogens (tertiary/aromatic N) is 2. The highest BCUT2D eigenvalue weighted by Crippen LogP contribution is 2.23. The third kappa shape index (κ3) is 3.59. The van der Waals surface area contributed by atoms with E-state index >= 15 is 0 Å². The molecule has 0 spiro atoms. The van der Waals surface area contributed by atoms with Crippen molar-refractivity contribution in [1.82, 2.24) is 0 Å². The SMILES string of the molecule is CC1=C(C)/C(=N/OC(=O)c2ccc([N+](=O)[O-])cc2)C=C(Br)C1=O. The molecule has 7 nitrogen and oxygen atoms in total. The molecule has 1 aromatic carbocycles. The van der Waals surface area contributed by atoms with Crippen LogP contribution in [0.25, 0.3) is 0 Å². The average molecular weight is 379 g/mol. The van der Waals surface area contributed by atoms with Crippen LogP contribution >= 0.6 is 15.9 Å². The maximum Gasteiger partial charge on any atom is 0.365 e. The van der Waals surface area contributed by atoms with E-state index in [-0.39, 0.29) is 17.0 Å². The lowest BCUT2D eigenvalue weighted by Gasteiger charge is -2.12. The number of ketones is 1. The molecule has 0 N–H and O–H groups in total.